The van der Waals surface area contributed by atoms with E-state index in [4.69, 9.17) is 4.42 Å². The van der Waals surface area contributed by atoms with Crippen molar-refractivity contribution in [2.75, 3.05) is 13.1 Å². The minimum atomic E-state index is 0. The SMILES string of the molecule is Cc1nnc(CNC2CCNC2)o1.Cl. The highest BCUT2D eigenvalue weighted by atomic mass is 35.5. The molecule has 1 aliphatic rings. The minimum absolute atomic E-state index is 0. The fourth-order valence-electron chi connectivity index (χ4n) is 1.47. The van der Waals surface area contributed by atoms with Gasteiger partial charge in [-0.15, -0.1) is 22.6 Å². The minimum Gasteiger partial charge on any atom is -0.424 e. The maximum atomic E-state index is 5.24. The van der Waals surface area contributed by atoms with Crippen molar-refractivity contribution in [3.63, 3.8) is 0 Å². The Hall–Kier alpha value is -0.650. The first-order chi connectivity index (χ1) is 6.34. The molecule has 2 rings (SSSR count). The molecule has 1 aromatic heterocycles. The lowest BCUT2D eigenvalue weighted by atomic mass is 10.2. The number of rotatable bonds is 3. The van der Waals surface area contributed by atoms with Gasteiger partial charge in [-0.3, -0.25) is 0 Å². The van der Waals surface area contributed by atoms with E-state index in [1.54, 1.807) is 6.92 Å². The van der Waals surface area contributed by atoms with E-state index >= 15 is 0 Å². The molecule has 0 radical (unpaired) electrons. The maximum absolute atomic E-state index is 5.24. The van der Waals surface area contributed by atoms with Gasteiger partial charge >= 0.3 is 0 Å². The van der Waals surface area contributed by atoms with Crippen molar-refractivity contribution in [2.24, 2.45) is 0 Å². The predicted molar refractivity (Wildman–Crippen MR) is 54.4 cm³/mol. The van der Waals surface area contributed by atoms with E-state index in [1.807, 2.05) is 0 Å². The molecule has 0 saturated carbocycles. The number of nitrogens with one attached hydrogen (secondary N) is 2. The van der Waals surface area contributed by atoms with Gasteiger partial charge in [0, 0.05) is 19.5 Å². The van der Waals surface area contributed by atoms with Crippen LogP contribution in [0.1, 0.15) is 18.2 Å². The lowest BCUT2D eigenvalue weighted by Crippen LogP contribution is -2.30. The molecule has 5 nitrogen and oxygen atoms in total. The normalized spacial score (nSPS) is 20.8. The zero-order valence-corrected chi connectivity index (χ0v) is 8.93. The average molecular weight is 219 g/mol. The van der Waals surface area contributed by atoms with Gasteiger partial charge < -0.3 is 15.1 Å². The molecule has 0 amide bonds. The first-order valence-corrected chi connectivity index (χ1v) is 4.57. The van der Waals surface area contributed by atoms with Crippen LogP contribution < -0.4 is 10.6 Å². The second-order valence-electron chi connectivity index (χ2n) is 3.29. The van der Waals surface area contributed by atoms with Gasteiger partial charge in [-0.25, -0.2) is 0 Å². The van der Waals surface area contributed by atoms with Crippen LogP contribution in [-0.2, 0) is 6.54 Å². The molecular formula is C8H15ClN4O. The molecule has 1 aliphatic heterocycles. The lowest BCUT2D eigenvalue weighted by Gasteiger charge is -2.07. The Morgan fingerprint density at radius 1 is 1.57 bits per heavy atom. The number of hydrogen-bond acceptors (Lipinski definition) is 5. The number of hydrogen-bond donors (Lipinski definition) is 2. The molecule has 0 aliphatic carbocycles. The van der Waals surface area contributed by atoms with E-state index in [0.29, 0.717) is 24.4 Å². The van der Waals surface area contributed by atoms with Crippen molar-refractivity contribution < 1.29 is 4.42 Å². The fourth-order valence-corrected chi connectivity index (χ4v) is 1.47. The number of aryl methyl sites for hydroxylation is 1. The van der Waals surface area contributed by atoms with Crippen LogP contribution >= 0.6 is 12.4 Å². The molecular weight excluding hydrogens is 204 g/mol. The van der Waals surface area contributed by atoms with Crippen molar-refractivity contribution in [1.82, 2.24) is 20.8 Å². The molecule has 0 aromatic carbocycles. The van der Waals surface area contributed by atoms with Crippen LogP contribution in [0, 0.1) is 6.92 Å². The summed E-state index contributed by atoms with van der Waals surface area (Å²) in [7, 11) is 0. The van der Waals surface area contributed by atoms with Crippen molar-refractivity contribution in [2.45, 2.75) is 25.9 Å². The molecule has 1 fully saturated rings. The van der Waals surface area contributed by atoms with E-state index in [0.717, 1.165) is 13.1 Å². The average Bonchev–Trinajstić information content (AvgIpc) is 2.71. The molecule has 1 unspecified atom stereocenters. The van der Waals surface area contributed by atoms with E-state index in [9.17, 15) is 0 Å². The van der Waals surface area contributed by atoms with Crippen LogP contribution in [0.2, 0.25) is 0 Å². The monoisotopic (exact) mass is 218 g/mol. The van der Waals surface area contributed by atoms with Crippen molar-refractivity contribution >= 4 is 12.4 Å². The van der Waals surface area contributed by atoms with Crippen LogP contribution in [-0.4, -0.2) is 29.3 Å². The second-order valence-corrected chi connectivity index (χ2v) is 3.29. The van der Waals surface area contributed by atoms with Gasteiger partial charge in [0.25, 0.3) is 0 Å². The Morgan fingerprint density at radius 3 is 3.00 bits per heavy atom. The molecule has 1 atom stereocenters. The van der Waals surface area contributed by atoms with Gasteiger partial charge in [-0.2, -0.15) is 0 Å². The summed E-state index contributed by atoms with van der Waals surface area (Å²) in [6.45, 7) is 4.61. The molecule has 1 aromatic rings. The topological polar surface area (TPSA) is 63.0 Å². The zero-order chi connectivity index (χ0) is 9.10. The Labute approximate surface area is 89.1 Å². The highest BCUT2D eigenvalue weighted by molar-refractivity contribution is 5.85. The predicted octanol–water partition coefficient (Wildman–Crippen LogP) is 0.251. The van der Waals surface area contributed by atoms with Crippen molar-refractivity contribution in [3.8, 4) is 0 Å². The Morgan fingerprint density at radius 2 is 2.43 bits per heavy atom. The largest absolute Gasteiger partial charge is 0.424 e. The summed E-state index contributed by atoms with van der Waals surface area (Å²) in [4.78, 5) is 0. The van der Waals surface area contributed by atoms with Gasteiger partial charge in [-0.05, 0) is 13.0 Å². The molecule has 80 valence electrons. The number of nitrogens with zero attached hydrogens (tertiary/aromatic N) is 2. The van der Waals surface area contributed by atoms with E-state index in [-0.39, 0.29) is 12.4 Å². The number of aromatic nitrogens is 2. The Bertz CT molecular complexity index is 272. The summed E-state index contributed by atoms with van der Waals surface area (Å²) in [6, 6.07) is 0.548. The summed E-state index contributed by atoms with van der Waals surface area (Å²) < 4.78 is 5.24. The molecule has 0 bridgehead atoms. The van der Waals surface area contributed by atoms with Crippen molar-refractivity contribution in [3.05, 3.63) is 11.8 Å². The first kappa shape index (κ1) is 11.4. The third kappa shape index (κ3) is 2.94. The fraction of sp³-hybridized carbons (Fsp3) is 0.750. The summed E-state index contributed by atoms with van der Waals surface area (Å²) >= 11 is 0. The summed E-state index contributed by atoms with van der Waals surface area (Å²) in [6.07, 6.45) is 1.17. The third-order valence-corrected chi connectivity index (χ3v) is 2.17. The molecule has 6 heteroatoms. The first-order valence-electron chi connectivity index (χ1n) is 4.57. The molecule has 1 saturated heterocycles. The van der Waals surface area contributed by atoms with Crippen LogP contribution in [0.3, 0.4) is 0 Å². The van der Waals surface area contributed by atoms with Gasteiger partial charge in [0.05, 0.1) is 6.54 Å². The highest BCUT2D eigenvalue weighted by Crippen LogP contribution is 2.01. The van der Waals surface area contributed by atoms with Gasteiger partial charge in [0.1, 0.15) is 0 Å². The zero-order valence-electron chi connectivity index (χ0n) is 8.12. The quantitative estimate of drug-likeness (QED) is 0.762. The smallest absolute Gasteiger partial charge is 0.230 e. The van der Waals surface area contributed by atoms with E-state index in [2.05, 4.69) is 20.8 Å². The van der Waals surface area contributed by atoms with Gasteiger partial charge in [-0.1, -0.05) is 0 Å². The second kappa shape index (κ2) is 5.29. The molecule has 2 N–H and O–H groups in total. The Balaban J connectivity index is 0.000000980. The summed E-state index contributed by atoms with van der Waals surface area (Å²) in [5.41, 5.74) is 0. The van der Waals surface area contributed by atoms with Crippen molar-refractivity contribution in [1.29, 1.82) is 0 Å². The summed E-state index contributed by atoms with van der Waals surface area (Å²) in [5.74, 6) is 1.30. The Kier molecular flexibility index (Phi) is 4.31. The van der Waals surface area contributed by atoms with E-state index < -0.39 is 0 Å². The third-order valence-electron chi connectivity index (χ3n) is 2.17. The standard InChI is InChI=1S/C8H14N4O.ClH/c1-6-11-12-8(13-6)5-10-7-2-3-9-4-7;/h7,9-10H,2-5H2,1H3;1H. The lowest BCUT2D eigenvalue weighted by molar-refractivity contribution is 0.427. The maximum Gasteiger partial charge on any atom is 0.230 e. The van der Waals surface area contributed by atoms with Crippen LogP contribution in [0.5, 0.6) is 0 Å². The highest BCUT2D eigenvalue weighted by Gasteiger charge is 2.14. The molecule has 0 spiro atoms. The van der Waals surface area contributed by atoms with Crippen LogP contribution in [0.4, 0.5) is 0 Å². The van der Waals surface area contributed by atoms with Gasteiger partial charge in [0.2, 0.25) is 11.8 Å². The van der Waals surface area contributed by atoms with E-state index in [1.165, 1.54) is 6.42 Å². The van der Waals surface area contributed by atoms with Crippen LogP contribution in [0.25, 0.3) is 0 Å². The number of halogens is 1. The molecule has 2 heterocycles. The van der Waals surface area contributed by atoms with Gasteiger partial charge in [0.15, 0.2) is 0 Å². The summed E-state index contributed by atoms with van der Waals surface area (Å²) in [5, 5.41) is 14.3. The van der Waals surface area contributed by atoms with Crippen LogP contribution in [0.15, 0.2) is 4.42 Å². The molecule has 14 heavy (non-hydrogen) atoms.